The van der Waals surface area contributed by atoms with Crippen molar-refractivity contribution in [1.82, 2.24) is 5.09 Å². The summed E-state index contributed by atoms with van der Waals surface area (Å²) >= 11 is 4.83. The molecular weight excluding hydrogens is 280 g/mol. The molecule has 5 nitrogen and oxygen atoms in total. The van der Waals surface area contributed by atoms with Crippen molar-refractivity contribution in [2.45, 2.75) is 13.0 Å². The van der Waals surface area contributed by atoms with Crippen LogP contribution in [0.25, 0.3) is 0 Å². The molecule has 0 aliphatic carbocycles. The minimum absolute atomic E-state index is 0.215. The summed E-state index contributed by atoms with van der Waals surface area (Å²) in [6.07, 6.45) is 0. The van der Waals surface area contributed by atoms with E-state index in [4.69, 9.17) is 16.3 Å². The summed E-state index contributed by atoms with van der Waals surface area (Å²) in [5.74, 6) is -0.780. The van der Waals surface area contributed by atoms with Crippen LogP contribution in [0, 0.1) is 5.82 Å². The first-order chi connectivity index (χ1) is 8.34. The predicted molar refractivity (Wildman–Crippen MR) is 68.1 cm³/mol. The maximum absolute atomic E-state index is 12.7. The van der Waals surface area contributed by atoms with Gasteiger partial charge in [0.2, 0.25) is 0 Å². The largest absolute Gasteiger partial charge is 0.468 e. The number of nitrogens with one attached hydrogen (secondary N) is 1. The van der Waals surface area contributed by atoms with Gasteiger partial charge in [-0.15, -0.1) is 0 Å². The smallest absolute Gasteiger partial charge is 0.323 e. The van der Waals surface area contributed by atoms with Gasteiger partial charge in [-0.2, -0.15) is 0 Å². The van der Waals surface area contributed by atoms with Gasteiger partial charge in [0, 0.05) is 0 Å². The molecule has 0 radical (unpaired) electrons. The minimum Gasteiger partial charge on any atom is -0.468 e. The van der Waals surface area contributed by atoms with Gasteiger partial charge in [-0.3, -0.25) is 4.79 Å². The molecule has 0 aliphatic heterocycles. The Morgan fingerprint density at radius 3 is 2.56 bits per heavy atom. The number of halogens is 1. The summed E-state index contributed by atoms with van der Waals surface area (Å²) in [6.45, 7) is -1.91. The van der Waals surface area contributed by atoms with Gasteiger partial charge in [-0.1, -0.05) is 0 Å². The molecule has 1 aromatic rings. The molecular formula is C10H13FNO4PS. The molecule has 0 aromatic heterocycles. The van der Waals surface area contributed by atoms with E-state index in [0.29, 0.717) is 0 Å². The molecule has 2 unspecified atom stereocenters. The third kappa shape index (κ3) is 4.70. The molecule has 0 spiro atoms. The Bertz CT molecular complexity index is 467. The molecule has 18 heavy (non-hydrogen) atoms. The lowest BCUT2D eigenvalue weighted by atomic mass is 10.3. The zero-order chi connectivity index (χ0) is 13.8. The molecule has 0 saturated heterocycles. The minimum atomic E-state index is -3.39. The monoisotopic (exact) mass is 293 g/mol. The quantitative estimate of drug-likeness (QED) is 0.634. The van der Waals surface area contributed by atoms with E-state index in [-0.39, 0.29) is 5.75 Å². The van der Waals surface area contributed by atoms with Crippen LogP contribution >= 0.6 is 6.64 Å². The fourth-order valence-electron chi connectivity index (χ4n) is 1.14. The normalized spacial score (nSPS) is 15.6. The van der Waals surface area contributed by atoms with Crippen molar-refractivity contribution in [2.24, 2.45) is 0 Å². The van der Waals surface area contributed by atoms with E-state index < -0.39 is 24.5 Å². The summed E-state index contributed by atoms with van der Waals surface area (Å²) < 4.78 is 22.3. The zero-order valence-electron chi connectivity index (χ0n) is 9.79. The van der Waals surface area contributed by atoms with E-state index in [1.165, 1.54) is 38.3 Å². The van der Waals surface area contributed by atoms with Gasteiger partial charge < -0.3 is 14.2 Å². The Kier molecular flexibility index (Phi) is 5.22. The Hall–Kier alpha value is -1.01. The number of methoxy groups -OCH3 is 1. The molecule has 0 saturated carbocycles. The number of esters is 1. The van der Waals surface area contributed by atoms with E-state index in [2.05, 4.69) is 9.82 Å². The van der Waals surface area contributed by atoms with Gasteiger partial charge in [0.25, 0.3) is 0 Å². The van der Waals surface area contributed by atoms with Gasteiger partial charge in [0.15, 0.2) is 0 Å². The Balaban J connectivity index is 2.67. The predicted octanol–water partition coefficient (Wildman–Crippen LogP) is 1.57. The van der Waals surface area contributed by atoms with Gasteiger partial charge >= 0.3 is 12.6 Å². The van der Waals surface area contributed by atoms with Crippen LogP contribution in [-0.2, 0) is 21.3 Å². The number of hydrogen-bond acceptors (Lipinski definition) is 4. The zero-order valence-corrected chi connectivity index (χ0v) is 11.5. The number of rotatable bonds is 5. The van der Waals surface area contributed by atoms with Gasteiger partial charge in [0.05, 0.1) is 7.11 Å². The molecule has 0 heterocycles. The fraction of sp³-hybridized carbons (Fsp3) is 0.300. The van der Waals surface area contributed by atoms with Crippen LogP contribution in [0.15, 0.2) is 24.3 Å². The lowest BCUT2D eigenvalue weighted by Crippen LogP contribution is -2.33. The van der Waals surface area contributed by atoms with Crippen LogP contribution in [0.1, 0.15) is 6.92 Å². The lowest BCUT2D eigenvalue weighted by molar-refractivity contribution is -0.142. The Morgan fingerprint density at radius 1 is 1.50 bits per heavy atom. The molecule has 0 aliphatic rings. The first-order valence-electron chi connectivity index (χ1n) is 4.97. The van der Waals surface area contributed by atoms with E-state index in [1.807, 2.05) is 0 Å². The summed E-state index contributed by atoms with van der Waals surface area (Å²) in [6, 6.07) is 4.21. The molecule has 0 fully saturated rings. The van der Waals surface area contributed by atoms with Crippen LogP contribution in [0.5, 0.6) is 5.75 Å². The van der Waals surface area contributed by atoms with Crippen molar-refractivity contribution in [2.75, 3.05) is 7.11 Å². The number of benzene rings is 1. The molecule has 2 N–H and O–H groups in total. The van der Waals surface area contributed by atoms with E-state index in [0.717, 1.165) is 0 Å². The van der Waals surface area contributed by atoms with Crippen molar-refractivity contribution in [3.63, 3.8) is 0 Å². The first-order valence-corrected chi connectivity index (χ1v) is 7.65. The molecule has 1 aromatic carbocycles. The topological polar surface area (TPSA) is 67.8 Å². The number of carbonyl (C=O) groups is 1. The third-order valence-electron chi connectivity index (χ3n) is 1.95. The first kappa shape index (κ1) is 15.0. The average molecular weight is 293 g/mol. The van der Waals surface area contributed by atoms with Crippen molar-refractivity contribution >= 4 is 24.4 Å². The molecule has 100 valence electrons. The van der Waals surface area contributed by atoms with Crippen molar-refractivity contribution in [3.05, 3.63) is 30.1 Å². The van der Waals surface area contributed by atoms with Crippen molar-refractivity contribution < 1.29 is 23.3 Å². The number of ether oxygens (including phenoxy) is 1. The summed E-state index contributed by atoms with van der Waals surface area (Å²) in [7, 11) is 1.22. The SMILES string of the molecule is COC(=O)C(C)NP(O)(=S)Oc1ccc(F)cc1. The van der Waals surface area contributed by atoms with Crippen LogP contribution in [-0.4, -0.2) is 24.0 Å². The summed E-state index contributed by atoms with van der Waals surface area (Å²) in [5.41, 5.74) is 0. The second-order valence-electron chi connectivity index (χ2n) is 3.44. The highest BCUT2D eigenvalue weighted by molar-refractivity contribution is 8.08. The second-order valence-corrected chi connectivity index (χ2v) is 6.41. The highest BCUT2D eigenvalue weighted by Gasteiger charge is 2.23. The molecule has 8 heteroatoms. The molecule has 0 amide bonds. The molecule has 1 rings (SSSR count). The van der Waals surface area contributed by atoms with Crippen molar-refractivity contribution in [1.29, 1.82) is 0 Å². The highest BCUT2D eigenvalue weighted by Crippen LogP contribution is 2.39. The van der Waals surface area contributed by atoms with Gasteiger partial charge in [0.1, 0.15) is 17.6 Å². The van der Waals surface area contributed by atoms with E-state index >= 15 is 0 Å². The Labute approximate surface area is 109 Å². The van der Waals surface area contributed by atoms with Crippen LogP contribution in [0.2, 0.25) is 0 Å². The maximum atomic E-state index is 12.7. The van der Waals surface area contributed by atoms with Crippen molar-refractivity contribution in [3.8, 4) is 5.75 Å². The fourth-order valence-corrected chi connectivity index (χ4v) is 2.93. The third-order valence-corrected chi connectivity index (χ3v) is 3.67. The summed E-state index contributed by atoms with van der Waals surface area (Å²) in [5, 5.41) is 2.46. The lowest BCUT2D eigenvalue weighted by Gasteiger charge is -2.20. The highest BCUT2D eigenvalue weighted by atomic mass is 32.5. The van der Waals surface area contributed by atoms with Crippen LogP contribution in [0.3, 0.4) is 0 Å². The average Bonchev–Trinajstić information content (AvgIpc) is 2.30. The van der Waals surface area contributed by atoms with Crippen LogP contribution in [0.4, 0.5) is 4.39 Å². The van der Waals surface area contributed by atoms with Crippen LogP contribution < -0.4 is 9.61 Å². The summed E-state index contributed by atoms with van der Waals surface area (Å²) in [4.78, 5) is 21.0. The van der Waals surface area contributed by atoms with E-state index in [9.17, 15) is 14.1 Å². The van der Waals surface area contributed by atoms with Gasteiger partial charge in [-0.05, 0) is 43.0 Å². The maximum Gasteiger partial charge on any atom is 0.323 e. The van der Waals surface area contributed by atoms with Gasteiger partial charge in [-0.25, -0.2) is 9.48 Å². The second kappa shape index (κ2) is 6.24. The van der Waals surface area contributed by atoms with E-state index in [1.54, 1.807) is 0 Å². The Morgan fingerprint density at radius 2 is 2.06 bits per heavy atom. The molecule has 0 bridgehead atoms. The number of hydrogen-bond donors (Lipinski definition) is 2. The number of carbonyl (C=O) groups excluding carboxylic acids is 1. The standard InChI is InChI=1S/C10H13FNO4PS/c1-7(10(13)15-2)12-17(14,18)16-9-5-3-8(11)4-6-9/h3-7H,1-2H3,(H2,12,14,18). The molecule has 2 atom stereocenters.